The monoisotopic (exact) mass is 271 g/mol. The van der Waals surface area contributed by atoms with Crippen molar-refractivity contribution < 1.29 is 0 Å². The first-order chi connectivity index (χ1) is 9.75. The molecule has 1 unspecified atom stereocenters. The Hall–Kier alpha value is -1.88. The molecule has 20 heavy (non-hydrogen) atoms. The lowest BCUT2D eigenvalue weighted by Gasteiger charge is -2.24. The van der Waals surface area contributed by atoms with Gasteiger partial charge < -0.3 is 10.3 Å². The summed E-state index contributed by atoms with van der Waals surface area (Å²) in [5.74, 6) is 0.558. The summed E-state index contributed by atoms with van der Waals surface area (Å²) >= 11 is 0. The number of likely N-dealkylation sites (tertiary alicyclic amines) is 1. The van der Waals surface area contributed by atoms with Crippen LogP contribution in [0.2, 0.25) is 0 Å². The van der Waals surface area contributed by atoms with Gasteiger partial charge in [0.25, 0.3) is 0 Å². The summed E-state index contributed by atoms with van der Waals surface area (Å²) in [6, 6.07) is 4.42. The van der Waals surface area contributed by atoms with E-state index in [2.05, 4.69) is 26.4 Å². The van der Waals surface area contributed by atoms with Gasteiger partial charge in [-0.05, 0) is 45.0 Å². The zero-order chi connectivity index (χ0) is 13.9. The lowest BCUT2D eigenvalue weighted by Crippen LogP contribution is -2.33. The number of anilines is 1. The molecule has 0 amide bonds. The van der Waals surface area contributed by atoms with Crippen LogP contribution < -0.4 is 5.73 Å². The molecule has 3 heterocycles. The van der Waals surface area contributed by atoms with Gasteiger partial charge in [0.15, 0.2) is 0 Å². The van der Waals surface area contributed by atoms with Gasteiger partial charge >= 0.3 is 0 Å². The molecule has 0 radical (unpaired) electrons. The molecule has 0 bridgehead atoms. The summed E-state index contributed by atoms with van der Waals surface area (Å²) in [5, 5.41) is 0. The van der Waals surface area contributed by atoms with Crippen LogP contribution in [0.15, 0.2) is 30.9 Å². The third kappa shape index (κ3) is 2.54. The molecular formula is C15H21N5. The second-order valence-electron chi connectivity index (χ2n) is 5.46. The molecule has 1 fully saturated rings. The molecule has 106 valence electrons. The number of hydrogen-bond acceptors (Lipinski definition) is 4. The number of imidazole rings is 1. The van der Waals surface area contributed by atoms with Crippen LogP contribution in [-0.2, 0) is 6.54 Å². The second kappa shape index (κ2) is 5.63. The van der Waals surface area contributed by atoms with Gasteiger partial charge in [-0.15, -0.1) is 0 Å². The van der Waals surface area contributed by atoms with E-state index in [0.29, 0.717) is 11.9 Å². The number of nitrogens with two attached hydrogens (primary N) is 1. The molecule has 5 nitrogen and oxygen atoms in total. The Morgan fingerprint density at radius 2 is 2.15 bits per heavy atom. The quantitative estimate of drug-likeness (QED) is 0.924. The standard InChI is InChI=1S/C15H21N5/c1-12(19-7-2-3-8-19)10-20-11-17-9-14(20)13-5-4-6-18-15(13)16/h4-6,9,11-12H,2-3,7-8,10H2,1H3,(H2,16,18). The number of pyridine rings is 1. The van der Waals surface area contributed by atoms with E-state index in [9.17, 15) is 0 Å². The van der Waals surface area contributed by atoms with E-state index in [4.69, 9.17) is 5.73 Å². The van der Waals surface area contributed by atoms with Gasteiger partial charge in [-0.1, -0.05) is 0 Å². The van der Waals surface area contributed by atoms with Crippen molar-refractivity contribution in [2.75, 3.05) is 18.8 Å². The van der Waals surface area contributed by atoms with Gasteiger partial charge in [-0.25, -0.2) is 9.97 Å². The van der Waals surface area contributed by atoms with Gasteiger partial charge in [0.1, 0.15) is 5.82 Å². The van der Waals surface area contributed by atoms with Crippen molar-refractivity contribution in [3.05, 3.63) is 30.9 Å². The van der Waals surface area contributed by atoms with Crippen LogP contribution in [0, 0.1) is 0 Å². The highest BCUT2D eigenvalue weighted by Crippen LogP contribution is 2.24. The van der Waals surface area contributed by atoms with Crippen LogP contribution in [0.5, 0.6) is 0 Å². The fraction of sp³-hybridized carbons (Fsp3) is 0.467. The summed E-state index contributed by atoms with van der Waals surface area (Å²) < 4.78 is 2.18. The van der Waals surface area contributed by atoms with Crippen molar-refractivity contribution in [1.29, 1.82) is 0 Å². The zero-order valence-electron chi connectivity index (χ0n) is 11.9. The summed E-state index contributed by atoms with van der Waals surface area (Å²) in [5.41, 5.74) is 7.97. The Labute approximate surface area is 119 Å². The number of rotatable bonds is 4. The average Bonchev–Trinajstić information content (AvgIpc) is 3.10. The molecular weight excluding hydrogens is 250 g/mol. The van der Waals surface area contributed by atoms with Crippen LogP contribution in [0.3, 0.4) is 0 Å². The van der Waals surface area contributed by atoms with Gasteiger partial charge in [-0.2, -0.15) is 0 Å². The molecule has 0 aromatic carbocycles. The predicted molar refractivity (Wildman–Crippen MR) is 80.1 cm³/mol. The highest BCUT2D eigenvalue weighted by Gasteiger charge is 2.19. The Morgan fingerprint density at radius 1 is 1.35 bits per heavy atom. The maximum atomic E-state index is 5.97. The minimum absolute atomic E-state index is 0.517. The smallest absolute Gasteiger partial charge is 0.132 e. The Morgan fingerprint density at radius 3 is 2.90 bits per heavy atom. The third-order valence-corrected chi connectivity index (χ3v) is 4.05. The van der Waals surface area contributed by atoms with Crippen LogP contribution >= 0.6 is 0 Å². The number of nitrogen functional groups attached to an aromatic ring is 1. The maximum Gasteiger partial charge on any atom is 0.132 e. The van der Waals surface area contributed by atoms with Gasteiger partial charge in [0.05, 0.1) is 18.2 Å². The third-order valence-electron chi connectivity index (χ3n) is 4.05. The van der Waals surface area contributed by atoms with Crippen molar-refractivity contribution in [2.24, 2.45) is 0 Å². The molecule has 1 atom stereocenters. The number of aromatic nitrogens is 3. The summed E-state index contributed by atoms with van der Waals surface area (Å²) in [6.07, 6.45) is 8.10. The Kier molecular flexibility index (Phi) is 3.69. The Bertz CT molecular complexity index is 571. The van der Waals surface area contributed by atoms with Gasteiger partial charge in [0.2, 0.25) is 0 Å². The topological polar surface area (TPSA) is 60.0 Å². The molecule has 0 aliphatic carbocycles. The zero-order valence-corrected chi connectivity index (χ0v) is 11.9. The van der Waals surface area contributed by atoms with Gasteiger partial charge in [0, 0.05) is 24.3 Å². The maximum absolute atomic E-state index is 5.97. The molecule has 3 rings (SSSR count). The van der Waals surface area contributed by atoms with E-state index in [-0.39, 0.29) is 0 Å². The summed E-state index contributed by atoms with van der Waals surface area (Å²) in [6.45, 7) is 5.63. The molecule has 2 aromatic rings. The first kappa shape index (κ1) is 13.1. The molecule has 1 aliphatic rings. The van der Waals surface area contributed by atoms with Crippen molar-refractivity contribution in [2.45, 2.75) is 32.4 Å². The Balaban J connectivity index is 1.81. The molecule has 5 heteroatoms. The van der Waals surface area contributed by atoms with Crippen LogP contribution in [0.4, 0.5) is 5.82 Å². The van der Waals surface area contributed by atoms with E-state index < -0.39 is 0 Å². The fourth-order valence-electron chi connectivity index (χ4n) is 2.91. The summed E-state index contributed by atoms with van der Waals surface area (Å²) in [7, 11) is 0. The fourth-order valence-corrected chi connectivity index (χ4v) is 2.91. The lowest BCUT2D eigenvalue weighted by atomic mass is 10.2. The predicted octanol–water partition coefficient (Wildman–Crippen LogP) is 2.01. The van der Waals surface area contributed by atoms with Crippen LogP contribution in [0.25, 0.3) is 11.3 Å². The highest BCUT2D eigenvalue weighted by molar-refractivity contribution is 5.70. The highest BCUT2D eigenvalue weighted by atomic mass is 15.2. The molecule has 2 aromatic heterocycles. The van der Waals surface area contributed by atoms with Crippen molar-refractivity contribution in [3.63, 3.8) is 0 Å². The van der Waals surface area contributed by atoms with E-state index in [1.54, 1.807) is 6.20 Å². The molecule has 1 saturated heterocycles. The van der Waals surface area contributed by atoms with E-state index in [1.165, 1.54) is 25.9 Å². The summed E-state index contributed by atoms with van der Waals surface area (Å²) in [4.78, 5) is 11.0. The minimum atomic E-state index is 0.517. The molecule has 0 spiro atoms. The second-order valence-corrected chi connectivity index (χ2v) is 5.46. The molecule has 0 saturated carbocycles. The van der Waals surface area contributed by atoms with Gasteiger partial charge in [-0.3, -0.25) is 4.90 Å². The van der Waals surface area contributed by atoms with Crippen molar-refractivity contribution in [1.82, 2.24) is 19.4 Å². The van der Waals surface area contributed by atoms with Crippen molar-refractivity contribution >= 4 is 5.82 Å². The average molecular weight is 271 g/mol. The molecule has 2 N–H and O–H groups in total. The van der Waals surface area contributed by atoms with Crippen molar-refractivity contribution in [3.8, 4) is 11.3 Å². The molecule has 1 aliphatic heterocycles. The first-order valence-electron chi connectivity index (χ1n) is 7.21. The van der Waals surface area contributed by atoms with E-state index in [1.807, 2.05) is 24.7 Å². The normalized spacial score (nSPS) is 17.4. The minimum Gasteiger partial charge on any atom is -0.383 e. The van der Waals surface area contributed by atoms with Crippen LogP contribution in [-0.4, -0.2) is 38.6 Å². The van der Waals surface area contributed by atoms with E-state index >= 15 is 0 Å². The van der Waals surface area contributed by atoms with Crippen LogP contribution in [0.1, 0.15) is 19.8 Å². The first-order valence-corrected chi connectivity index (χ1v) is 7.21. The SMILES string of the molecule is CC(Cn1cncc1-c1cccnc1N)N1CCCC1. The van der Waals surface area contributed by atoms with E-state index in [0.717, 1.165) is 17.8 Å². The largest absolute Gasteiger partial charge is 0.383 e. The lowest BCUT2D eigenvalue weighted by molar-refractivity contribution is 0.236. The number of hydrogen-bond donors (Lipinski definition) is 1. The number of nitrogens with zero attached hydrogens (tertiary/aromatic N) is 4.